The van der Waals surface area contributed by atoms with Crippen molar-refractivity contribution in [3.05, 3.63) is 64.6 Å². The molecule has 25 heavy (non-hydrogen) atoms. The molecular formula is C17H11BrF2N2O2S. The number of benzene rings is 2. The third-order valence-electron chi connectivity index (χ3n) is 3.34. The Morgan fingerprint density at radius 2 is 1.88 bits per heavy atom. The van der Waals surface area contributed by atoms with Gasteiger partial charge >= 0.3 is 5.97 Å². The molecule has 0 unspecified atom stereocenters. The normalized spacial score (nSPS) is 10.8. The number of aliphatic carboxylic acids is 1. The van der Waals surface area contributed by atoms with Gasteiger partial charge in [0.25, 0.3) is 0 Å². The summed E-state index contributed by atoms with van der Waals surface area (Å²) in [6, 6.07) is 12.9. The van der Waals surface area contributed by atoms with Crippen molar-refractivity contribution in [2.75, 3.05) is 5.75 Å². The van der Waals surface area contributed by atoms with Gasteiger partial charge in [0, 0.05) is 5.56 Å². The Balaban J connectivity index is 2.21. The van der Waals surface area contributed by atoms with E-state index in [1.54, 1.807) is 12.1 Å². The van der Waals surface area contributed by atoms with Gasteiger partial charge in [0.1, 0.15) is 10.7 Å². The summed E-state index contributed by atoms with van der Waals surface area (Å²) in [5.74, 6) is -3.20. The van der Waals surface area contributed by atoms with E-state index in [0.29, 0.717) is 15.2 Å². The molecular weight excluding hydrogens is 414 g/mol. The zero-order chi connectivity index (χ0) is 18.0. The van der Waals surface area contributed by atoms with E-state index in [1.807, 2.05) is 18.2 Å². The van der Waals surface area contributed by atoms with Gasteiger partial charge in [0.15, 0.2) is 11.6 Å². The SMILES string of the molecule is O=C(O)CSc1nn(-c2cccc(F)c2F)c(-c2ccccc2)c1Br. The summed E-state index contributed by atoms with van der Waals surface area (Å²) >= 11 is 4.41. The van der Waals surface area contributed by atoms with Crippen LogP contribution in [-0.2, 0) is 4.79 Å². The number of nitrogens with zero attached hydrogens (tertiary/aromatic N) is 2. The van der Waals surface area contributed by atoms with E-state index in [2.05, 4.69) is 21.0 Å². The molecule has 0 spiro atoms. The van der Waals surface area contributed by atoms with E-state index < -0.39 is 17.6 Å². The molecule has 0 saturated carbocycles. The lowest BCUT2D eigenvalue weighted by Crippen LogP contribution is -2.04. The Morgan fingerprint density at radius 1 is 1.16 bits per heavy atom. The fourth-order valence-corrected chi connectivity index (χ4v) is 3.72. The summed E-state index contributed by atoms with van der Waals surface area (Å²) in [5.41, 5.74) is 1.19. The zero-order valence-corrected chi connectivity index (χ0v) is 15.0. The van der Waals surface area contributed by atoms with E-state index in [1.165, 1.54) is 16.8 Å². The molecule has 0 aliphatic carbocycles. The Morgan fingerprint density at radius 3 is 2.56 bits per heavy atom. The lowest BCUT2D eigenvalue weighted by atomic mass is 10.1. The number of hydrogen-bond donors (Lipinski definition) is 1. The van der Waals surface area contributed by atoms with Crippen LogP contribution in [0.2, 0.25) is 0 Å². The van der Waals surface area contributed by atoms with E-state index in [9.17, 15) is 13.6 Å². The first-order valence-corrected chi connectivity index (χ1v) is 8.90. The molecule has 0 amide bonds. The highest BCUT2D eigenvalue weighted by Gasteiger charge is 2.22. The van der Waals surface area contributed by atoms with Crippen LogP contribution in [0.1, 0.15) is 0 Å². The van der Waals surface area contributed by atoms with Crippen molar-refractivity contribution >= 4 is 33.7 Å². The minimum absolute atomic E-state index is 0.0540. The Kier molecular flexibility index (Phi) is 5.19. The van der Waals surface area contributed by atoms with E-state index in [-0.39, 0.29) is 11.4 Å². The fourth-order valence-electron chi connectivity index (χ4n) is 2.28. The van der Waals surface area contributed by atoms with Gasteiger partial charge in [-0.05, 0) is 28.1 Å². The van der Waals surface area contributed by atoms with Gasteiger partial charge in [0.05, 0.1) is 15.9 Å². The highest BCUT2D eigenvalue weighted by molar-refractivity contribution is 9.10. The fraction of sp³-hybridized carbons (Fsp3) is 0.0588. The highest BCUT2D eigenvalue weighted by Crippen LogP contribution is 2.38. The Hall–Kier alpha value is -2.19. The second-order valence-corrected chi connectivity index (χ2v) is 6.76. The maximum Gasteiger partial charge on any atom is 0.313 e. The van der Waals surface area contributed by atoms with Crippen molar-refractivity contribution in [1.29, 1.82) is 0 Å². The van der Waals surface area contributed by atoms with Gasteiger partial charge in [0.2, 0.25) is 0 Å². The number of halogens is 3. The molecule has 0 aliphatic heterocycles. The highest BCUT2D eigenvalue weighted by atomic mass is 79.9. The van der Waals surface area contributed by atoms with Crippen molar-refractivity contribution < 1.29 is 18.7 Å². The molecule has 3 aromatic rings. The molecule has 1 heterocycles. The largest absolute Gasteiger partial charge is 0.481 e. The molecule has 0 atom stereocenters. The number of rotatable bonds is 5. The van der Waals surface area contributed by atoms with E-state index in [4.69, 9.17) is 5.11 Å². The van der Waals surface area contributed by atoms with Crippen LogP contribution in [0, 0.1) is 11.6 Å². The lowest BCUT2D eigenvalue weighted by Gasteiger charge is -2.09. The number of carbonyl (C=O) groups is 1. The quantitative estimate of drug-likeness (QED) is 0.600. The molecule has 0 saturated heterocycles. The van der Waals surface area contributed by atoms with Crippen LogP contribution in [0.4, 0.5) is 8.78 Å². The maximum absolute atomic E-state index is 14.3. The summed E-state index contributed by atoms with van der Waals surface area (Å²) in [5, 5.41) is 13.5. The van der Waals surface area contributed by atoms with Crippen molar-refractivity contribution in [2.45, 2.75) is 5.03 Å². The van der Waals surface area contributed by atoms with Gasteiger partial charge in [-0.1, -0.05) is 48.2 Å². The summed E-state index contributed by atoms with van der Waals surface area (Å²) in [4.78, 5) is 10.8. The number of aromatic nitrogens is 2. The first kappa shape index (κ1) is 17.6. The van der Waals surface area contributed by atoms with E-state index >= 15 is 0 Å². The monoisotopic (exact) mass is 424 g/mol. The summed E-state index contributed by atoms with van der Waals surface area (Å²) in [6.45, 7) is 0. The second kappa shape index (κ2) is 7.37. The van der Waals surface area contributed by atoms with Crippen LogP contribution in [0.3, 0.4) is 0 Å². The average Bonchev–Trinajstić information content (AvgIpc) is 2.92. The Labute approximate surface area is 154 Å². The molecule has 2 aromatic carbocycles. The lowest BCUT2D eigenvalue weighted by molar-refractivity contribution is -0.133. The predicted molar refractivity (Wildman–Crippen MR) is 95.0 cm³/mol. The van der Waals surface area contributed by atoms with E-state index in [0.717, 1.165) is 23.4 Å². The summed E-state index contributed by atoms with van der Waals surface area (Å²) < 4.78 is 29.7. The first-order chi connectivity index (χ1) is 12.0. The first-order valence-electron chi connectivity index (χ1n) is 7.12. The van der Waals surface area contributed by atoms with Crippen LogP contribution in [0.25, 0.3) is 16.9 Å². The molecule has 0 radical (unpaired) electrons. The molecule has 128 valence electrons. The molecule has 8 heteroatoms. The summed E-state index contributed by atoms with van der Waals surface area (Å²) in [7, 11) is 0. The third kappa shape index (κ3) is 3.59. The number of hydrogen-bond acceptors (Lipinski definition) is 3. The summed E-state index contributed by atoms with van der Waals surface area (Å²) in [6.07, 6.45) is 0. The van der Waals surface area contributed by atoms with Crippen LogP contribution in [-0.4, -0.2) is 26.6 Å². The number of thioether (sulfide) groups is 1. The molecule has 3 rings (SSSR count). The molecule has 1 N–H and O–H groups in total. The molecule has 0 aliphatic rings. The van der Waals surface area contributed by atoms with Crippen LogP contribution in [0.5, 0.6) is 0 Å². The standard InChI is InChI=1S/C17H11BrF2N2O2S/c18-14-16(10-5-2-1-3-6-10)22(21-17(14)25-9-13(23)24)12-8-4-7-11(19)15(12)20/h1-8H,9H2,(H,23,24). The Bertz CT molecular complexity index is 932. The van der Waals surface area contributed by atoms with Gasteiger partial charge < -0.3 is 5.11 Å². The van der Waals surface area contributed by atoms with Crippen molar-refractivity contribution in [1.82, 2.24) is 9.78 Å². The zero-order valence-electron chi connectivity index (χ0n) is 12.6. The number of carboxylic acid groups (broad SMARTS) is 1. The van der Waals surface area contributed by atoms with Crippen molar-refractivity contribution in [3.8, 4) is 16.9 Å². The third-order valence-corrected chi connectivity index (χ3v) is 5.30. The van der Waals surface area contributed by atoms with Crippen LogP contribution < -0.4 is 0 Å². The minimum atomic E-state index is -1.02. The van der Waals surface area contributed by atoms with Crippen LogP contribution >= 0.6 is 27.7 Å². The van der Waals surface area contributed by atoms with Gasteiger partial charge in [-0.2, -0.15) is 5.10 Å². The maximum atomic E-state index is 14.3. The molecule has 1 aromatic heterocycles. The number of carboxylic acids is 1. The van der Waals surface area contributed by atoms with Gasteiger partial charge in [-0.25, -0.2) is 13.5 Å². The van der Waals surface area contributed by atoms with Gasteiger partial charge in [-0.15, -0.1) is 0 Å². The average molecular weight is 425 g/mol. The van der Waals surface area contributed by atoms with Gasteiger partial charge in [-0.3, -0.25) is 4.79 Å². The minimum Gasteiger partial charge on any atom is -0.481 e. The topological polar surface area (TPSA) is 55.1 Å². The van der Waals surface area contributed by atoms with Crippen molar-refractivity contribution in [3.63, 3.8) is 0 Å². The smallest absolute Gasteiger partial charge is 0.313 e. The molecule has 0 bridgehead atoms. The van der Waals surface area contributed by atoms with Crippen LogP contribution in [0.15, 0.2) is 58.0 Å². The molecule has 0 fully saturated rings. The predicted octanol–water partition coefficient (Wildman–Crippen LogP) is 4.76. The molecule has 4 nitrogen and oxygen atoms in total. The second-order valence-electron chi connectivity index (χ2n) is 5.00. The van der Waals surface area contributed by atoms with Crippen molar-refractivity contribution in [2.24, 2.45) is 0 Å².